The maximum Gasteiger partial charge on any atom is 0.281 e. The van der Waals surface area contributed by atoms with E-state index in [1.807, 2.05) is 25.1 Å². The summed E-state index contributed by atoms with van der Waals surface area (Å²) in [6.07, 6.45) is 1.47. The van der Waals surface area contributed by atoms with Crippen molar-refractivity contribution in [3.63, 3.8) is 0 Å². The predicted octanol–water partition coefficient (Wildman–Crippen LogP) is 4.10. The molecule has 0 unspecified atom stereocenters. The number of furan rings is 1. The van der Waals surface area contributed by atoms with Crippen LogP contribution in [-0.2, 0) is 6.54 Å². The summed E-state index contributed by atoms with van der Waals surface area (Å²) in [7, 11) is 0. The molecule has 0 spiro atoms. The van der Waals surface area contributed by atoms with Gasteiger partial charge in [0, 0.05) is 5.56 Å². The van der Waals surface area contributed by atoms with Gasteiger partial charge in [-0.15, -0.1) is 5.11 Å². The topological polar surface area (TPSA) is 104 Å². The summed E-state index contributed by atoms with van der Waals surface area (Å²) in [6.45, 7) is 3.50. The Labute approximate surface area is 149 Å². The SMILES string of the molecule is Cc1ccc(N=Nc2c(C)c(C#N)c(O)n(Cc3ccco3)c2=O)cc1. The van der Waals surface area contributed by atoms with Gasteiger partial charge in [0.25, 0.3) is 5.56 Å². The second-order valence-corrected chi connectivity index (χ2v) is 5.79. The van der Waals surface area contributed by atoms with Crippen molar-refractivity contribution >= 4 is 11.4 Å². The standard InChI is InChI=1S/C19H16N4O3/c1-12-5-7-14(8-6-12)21-22-17-13(2)16(10-20)18(24)23(19(17)25)11-15-4-3-9-26-15/h3-9,24H,11H2,1-2H3. The van der Waals surface area contributed by atoms with Crippen LogP contribution in [-0.4, -0.2) is 9.67 Å². The quantitative estimate of drug-likeness (QED) is 0.717. The minimum Gasteiger partial charge on any atom is -0.493 e. The fourth-order valence-electron chi connectivity index (χ4n) is 2.48. The number of hydrogen-bond acceptors (Lipinski definition) is 6. The highest BCUT2D eigenvalue weighted by Crippen LogP contribution is 2.27. The molecular formula is C19H16N4O3. The molecule has 0 saturated carbocycles. The Morgan fingerprint density at radius 2 is 1.92 bits per heavy atom. The molecule has 7 heteroatoms. The number of hydrogen-bond donors (Lipinski definition) is 1. The first-order chi connectivity index (χ1) is 12.5. The van der Waals surface area contributed by atoms with E-state index < -0.39 is 11.4 Å². The first kappa shape index (κ1) is 17.2. The summed E-state index contributed by atoms with van der Waals surface area (Å²) in [4.78, 5) is 12.8. The van der Waals surface area contributed by atoms with E-state index in [1.165, 1.54) is 6.26 Å². The number of aromatic hydroxyl groups is 1. The van der Waals surface area contributed by atoms with Crippen LogP contribution in [0.25, 0.3) is 0 Å². The van der Waals surface area contributed by atoms with Gasteiger partial charge in [-0.25, -0.2) is 0 Å². The smallest absolute Gasteiger partial charge is 0.281 e. The van der Waals surface area contributed by atoms with Crippen molar-refractivity contribution in [2.75, 3.05) is 0 Å². The van der Waals surface area contributed by atoms with Gasteiger partial charge in [0.1, 0.15) is 17.4 Å². The zero-order valence-corrected chi connectivity index (χ0v) is 14.3. The lowest BCUT2D eigenvalue weighted by Gasteiger charge is -2.11. The van der Waals surface area contributed by atoms with E-state index in [-0.39, 0.29) is 23.4 Å². The molecule has 0 atom stereocenters. The highest BCUT2D eigenvalue weighted by atomic mass is 16.3. The predicted molar refractivity (Wildman–Crippen MR) is 95.0 cm³/mol. The number of azo groups is 1. The molecule has 26 heavy (non-hydrogen) atoms. The van der Waals surface area contributed by atoms with Crippen molar-refractivity contribution in [1.82, 2.24) is 4.57 Å². The number of nitrogens with zero attached hydrogens (tertiary/aromatic N) is 4. The molecular weight excluding hydrogens is 332 g/mol. The van der Waals surface area contributed by atoms with Crippen LogP contribution in [0.1, 0.15) is 22.5 Å². The summed E-state index contributed by atoms with van der Waals surface area (Å²) >= 11 is 0. The molecule has 0 aliphatic carbocycles. The van der Waals surface area contributed by atoms with Gasteiger partial charge in [-0.3, -0.25) is 9.36 Å². The molecule has 2 heterocycles. The molecule has 0 bridgehead atoms. The Bertz CT molecular complexity index is 1060. The van der Waals surface area contributed by atoms with Crippen molar-refractivity contribution < 1.29 is 9.52 Å². The second-order valence-electron chi connectivity index (χ2n) is 5.79. The molecule has 0 fully saturated rings. The third-order valence-corrected chi connectivity index (χ3v) is 3.96. The lowest BCUT2D eigenvalue weighted by Crippen LogP contribution is -2.22. The van der Waals surface area contributed by atoms with Crippen LogP contribution in [0, 0.1) is 25.2 Å². The molecule has 3 aromatic rings. The highest BCUT2D eigenvalue weighted by Gasteiger charge is 2.19. The zero-order chi connectivity index (χ0) is 18.7. The van der Waals surface area contributed by atoms with E-state index in [1.54, 1.807) is 31.2 Å². The molecule has 0 aliphatic heterocycles. The molecule has 3 rings (SSSR count). The van der Waals surface area contributed by atoms with Gasteiger partial charge in [0.15, 0.2) is 5.69 Å². The van der Waals surface area contributed by atoms with Crippen LogP contribution >= 0.6 is 0 Å². The Balaban J connectivity index is 2.10. The van der Waals surface area contributed by atoms with Gasteiger partial charge >= 0.3 is 0 Å². The van der Waals surface area contributed by atoms with E-state index in [9.17, 15) is 15.2 Å². The van der Waals surface area contributed by atoms with Crippen LogP contribution in [0.4, 0.5) is 11.4 Å². The highest BCUT2D eigenvalue weighted by molar-refractivity contribution is 5.57. The summed E-state index contributed by atoms with van der Waals surface area (Å²) in [5, 5.41) is 27.8. The maximum atomic E-state index is 12.8. The number of rotatable bonds is 4. The molecule has 0 radical (unpaired) electrons. The molecule has 1 aromatic carbocycles. The lowest BCUT2D eigenvalue weighted by molar-refractivity contribution is 0.397. The third-order valence-electron chi connectivity index (χ3n) is 3.96. The Kier molecular flexibility index (Phi) is 4.67. The summed E-state index contributed by atoms with van der Waals surface area (Å²) in [5.74, 6) is 0.0530. The summed E-state index contributed by atoms with van der Waals surface area (Å²) < 4.78 is 6.27. The number of pyridine rings is 1. The molecule has 7 nitrogen and oxygen atoms in total. The van der Waals surface area contributed by atoms with E-state index in [0.29, 0.717) is 11.4 Å². The van der Waals surface area contributed by atoms with Gasteiger partial charge < -0.3 is 9.52 Å². The fourth-order valence-corrected chi connectivity index (χ4v) is 2.48. The third kappa shape index (κ3) is 3.26. The number of aromatic nitrogens is 1. The first-order valence-electron chi connectivity index (χ1n) is 7.88. The van der Waals surface area contributed by atoms with Gasteiger partial charge in [-0.1, -0.05) is 17.7 Å². The van der Waals surface area contributed by atoms with Crippen LogP contribution in [0.2, 0.25) is 0 Å². The average molecular weight is 348 g/mol. The van der Waals surface area contributed by atoms with Crippen LogP contribution < -0.4 is 5.56 Å². The monoisotopic (exact) mass is 348 g/mol. The molecule has 0 aliphatic rings. The molecule has 130 valence electrons. The van der Waals surface area contributed by atoms with Crippen molar-refractivity contribution in [2.24, 2.45) is 10.2 Å². The molecule has 0 saturated heterocycles. The van der Waals surface area contributed by atoms with Crippen molar-refractivity contribution in [2.45, 2.75) is 20.4 Å². The minimum atomic E-state index is -0.550. The zero-order valence-electron chi connectivity index (χ0n) is 14.3. The normalized spacial score (nSPS) is 11.0. The number of nitriles is 1. The molecule has 0 amide bonds. The minimum absolute atomic E-state index is 0.00600. The number of aryl methyl sites for hydroxylation is 1. The van der Waals surface area contributed by atoms with Gasteiger partial charge in [-0.05, 0) is 38.1 Å². The summed E-state index contributed by atoms with van der Waals surface area (Å²) in [5.41, 5.74) is 1.38. The Hall–Kier alpha value is -3.66. The lowest BCUT2D eigenvalue weighted by atomic mass is 10.1. The van der Waals surface area contributed by atoms with Crippen molar-refractivity contribution in [1.29, 1.82) is 5.26 Å². The van der Waals surface area contributed by atoms with Crippen molar-refractivity contribution in [3.8, 4) is 11.9 Å². The van der Waals surface area contributed by atoms with Crippen LogP contribution in [0.3, 0.4) is 0 Å². The van der Waals surface area contributed by atoms with E-state index in [4.69, 9.17) is 4.42 Å². The van der Waals surface area contributed by atoms with Gasteiger partial charge in [0.05, 0.1) is 18.5 Å². The van der Waals surface area contributed by atoms with Gasteiger partial charge in [0.2, 0.25) is 5.88 Å². The maximum absolute atomic E-state index is 12.8. The number of benzene rings is 1. The Morgan fingerprint density at radius 3 is 2.54 bits per heavy atom. The van der Waals surface area contributed by atoms with Crippen molar-refractivity contribution in [3.05, 3.63) is 75.5 Å². The summed E-state index contributed by atoms with van der Waals surface area (Å²) in [6, 6.07) is 12.6. The van der Waals surface area contributed by atoms with E-state index in [0.717, 1.165) is 10.1 Å². The van der Waals surface area contributed by atoms with E-state index in [2.05, 4.69) is 10.2 Å². The molecule has 2 aromatic heterocycles. The van der Waals surface area contributed by atoms with E-state index >= 15 is 0 Å². The van der Waals surface area contributed by atoms with Gasteiger partial charge in [-0.2, -0.15) is 10.4 Å². The first-order valence-corrected chi connectivity index (χ1v) is 7.88. The fraction of sp³-hybridized carbons (Fsp3) is 0.158. The molecule has 1 N–H and O–H groups in total. The Morgan fingerprint density at radius 1 is 1.19 bits per heavy atom. The second kappa shape index (κ2) is 7.07. The largest absolute Gasteiger partial charge is 0.493 e. The van der Waals surface area contributed by atoms with Crippen LogP contribution in [0.5, 0.6) is 5.88 Å². The van der Waals surface area contributed by atoms with Crippen LogP contribution in [0.15, 0.2) is 62.1 Å². The average Bonchev–Trinajstić information content (AvgIpc) is 3.14.